The topological polar surface area (TPSA) is 63.3 Å². The first kappa shape index (κ1) is 9.69. The molecule has 0 amide bonds. The summed E-state index contributed by atoms with van der Waals surface area (Å²) in [6.07, 6.45) is 1.79. The Bertz CT molecular complexity index is 127. The zero-order valence-electron chi connectivity index (χ0n) is 5.62. The zero-order chi connectivity index (χ0) is 7.98. The third-order valence-corrected chi connectivity index (χ3v) is 3.09. The molecule has 1 atom stereocenters. The first-order valence-electron chi connectivity index (χ1n) is 2.85. The van der Waals surface area contributed by atoms with E-state index in [0.717, 1.165) is 5.32 Å². The van der Waals surface area contributed by atoms with Crippen LogP contribution in [0.3, 0.4) is 0 Å². The Balaban J connectivity index is 3.30. The molecule has 0 saturated carbocycles. The summed E-state index contributed by atoms with van der Waals surface area (Å²) >= 11 is 0.305. The van der Waals surface area contributed by atoms with Crippen molar-refractivity contribution in [3.05, 3.63) is 12.7 Å². The standard InChI is InChI=1S/C6H11NO2Se/c1-2-3-10-4-5(7)6(8)9/h2,5H,1,3-4,7H2,(H,8,9)/t5-/m0/s1. The molecule has 0 fully saturated rings. The number of hydrogen-bond donors (Lipinski definition) is 2. The Labute approximate surface area is 66.5 Å². The van der Waals surface area contributed by atoms with E-state index in [1.54, 1.807) is 6.08 Å². The van der Waals surface area contributed by atoms with E-state index in [0.29, 0.717) is 20.3 Å². The van der Waals surface area contributed by atoms with Gasteiger partial charge in [-0.15, -0.1) is 0 Å². The van der Waals surface area contributed by atoms with E-state index in [2.05, 4.69) is 6.58 Å². The molecule has 0 aliphatic carbocycles. The minimum absolute atomic E-state index is 0.305. The molecular weight excluding hydrogens is 197 g/mol. The Kier molecular flexibility index (Phi) is 5.30. The van der Waals surface area contributed by atoms with Crippen LogP contribution in [0.4, 0.5) is 0 Å². The number of nitrogens with two attached hydrogens (primary N) is 1. The van der Waals surface area contributed by atoms with Crippen LogP contribution in [0.15, 0.2) is 12.7 Å². The van der Waals surface area contributed by atoms with Gasteiger partial charge in [0.15, 0.2) is 0 Å². The number of carboxylic acid groups (broad SMARTS) is 1. The van der Waals surface area contributed by atoms with Crippen molar-refractivity contribution in [3.63, 3.8) is 0 Å². The van der Waals surface area contributed by atoms with Gasteiger partial charge >= 0.3 is 65.9 Å². The second-order valence-corrected chi connectivity index (χ2v) is 4.03. The molecule has 0 aliphatic rings. The Morgan fingerprint density at radius 2 is 2.50 bits per heavy atom. The summed E-state index contributed by atoms with van der Waals surface area (Å²) in [5.41, 5.74) is 5.24. The molecule has 3 N–H and O–H groups in total. The van der Waals surface area contributed by atoms with Crippen LogP contribution in [0, 0.1) is 0 Å². The van der Waals surface area contributed by atoms with Crippen LogP contribution in [0.1, 0.15) is 0 Å². The van der Waals surface area contributed by atoms with Gasteiger partial charge in [-0.2, -0.15) is 0 Å². The number of rotatable bonds is 5. The van der Waals surface area contributed by atoms with Gasteiger partial charge in [0, 0.05) is 0 Å². The molecule has 0 aromatic rings. The van der Waals surface area contributed by atoms with Crippen molar-refractivity contribution in [2.45, 2.75) is 16.7 Å². The first-order valence-corrected chi connectivity index (χ1v) is 5.27. The molecule has 0 radical (unpaired) electrons. The molecule has 0 unspecified atom stereocenters. The molecule has 10 heavy (non-hydrogen) atoms. The normalized spacial score (nSPS) is 12.5. The summed E-state index contributed by atoms with van der Waals surface area (Å²) in [7, 11) is 0. The Hall–Kier alpha value is -0.311. The molecule has 3 nitrogen and oxygen atoms in total. The molecule has 0 aromatic heterocycles. The van der Waals surface area contributed by atoms with Gasteiger partial charge < -0.3 is 0 Å². The molecule has 58 valence electrons. The van der Waals surface area contributed by atoms with Crippen molar-refractivity contribution >= 4 is 20.9 Å². The SMILES string of the molecule is C=CC[Se]C[C@H](N)C(=O)O. The van der Waals surface area contributed by atoms with Gasteiger partial charge in [0.2, 0.25) is 0 Å². The summed E-state index contributed by atoms with van der Waals surface area (Å²) in [6.45, 7) is 3.53. The van der Waals surface area contributed by atoms with Crippen molar-refractivity contribution in [2.24, 2.45) is 5.73 Å². The summed E-state index contributed by atoms with van der Waals surface area (Å²) in [5, 5.41) is 9.83. The fraction of sp³-hybridized carbons (Fsp3) is 0.500. The van der Waals surface area contributed by atoms with Crippen LogP contribution in [0.2, 0.25) is 10.6 Å². The molecule has 0 saturated heterocycles. The molecule has 0 aromatic carbocycles. The average Bonchev–Trinajstić information content (AvgIpc) is 1.88. The van der Waals surface area contributed by atoms with E-state index < -0.39 is 12.0 Å². The maximum atomic E-state index is 10.2. The van der Waals surface area contributed by atoms with E-state index in [1.165, 1.54) is 0 Å². The van der Waals surface area contributed by atoms with E-state index >= 15 is 0 Å². The molecule has 0 spiro atoms. The van der Waals surface area contributed by atoms with Crippen LogP contribution in [0.25, 0.3) is 0 Å². The third kappa shape index (κ3) is 4.56. The van der Waals surface area contributed by atoms with Crippen molar-refractivity contribution in [2.75, 3.05) is 0 Å². The van der Waals surface area contributed by atoms with Gasteiger partial charge in [0.25, 0.3) is 0 Å². The number of carbonyl (C=O) groups is 1. The van der Waals surface area contributed by atoms with Crippen LogP contribution in [-0.2, 0) is 4.79 Å². The van der Waals surface area contributed by atoms with E-state index in [4.69, 9.17) is 10.8 Å². The van der Waals surface area contributed by atoms with Gasteiger partial charge in [-0.25, -0.2) is 0 Å². The van der Waals surface area contributed by atoms with E-state index in [1.807, 2.05) is 0 Å². The van der Waals surface area contributed by atoms with Gasteiger partial charge in [-0.1, -0.05) is 0 Å². The van der Waals surface area contributed by atoms with E-state index in [9.17, 15) is 4.79 Å². The molecule has 4 heteroatoms. The van der Waals surface area contributed by atoms with Crippen LogP contribution < -0.4 is 5.73 Å². The molecule has 0 aliphatic heterocycles. The average molecular weight is 208 g/mol. The minimum atomic E-state index is -0.911. The van der Waals surface area contributed by atoms with E-state index in [-0.39, 0.29) is 0 Å². The number of allylic oxidation sites excluding steroid dienone is 1. The van der Waals surface area contributed by atoms with Crippen LogP contribution in [0.5, 0.6) is 0 Å². The van der Waals surface area contributed by atoms with Gasteiger partial charge in [0.1, 0.15) is 0 Å². The Morgan fingerprint density at radius 1 is 1.90 bits per heavy atom. The van der Waals surface area contributed by atoms with Gasteiger partial charge in [0.05, 0.1) is 0 Å². The quantitative estimate of drug-likeness (QED) is 0.383. The summed E-state index contributed by atoms with van der Waals surface area (Å²) in [5.74, 6) is -0.911. The molecule has 0 rings (SSSR count). The Morgan fingerprint density at radius 3 is 2.90 bits per heavy atom. The van der Waals surface area contributed by atoms with Crippen molar-refractivity contribution < 1.29 is 9.90 Å². The fourth-order valence-corrected chi connectivity index (χ4v) is 1.82. The van der Waals surface area contributed by atoms with Crippen LogP contribution in [-0.4, -0.2) is 32.1 Å². The summed E-state index contributed by atoms with van der Waals surface area (Å²) in [4.78, 5) is 10.2. The fourth-order valence-electron chi connectivity index (χ4n) is 0.350. The third-order valence-electron chi connectivity index (χ3n) is 0.850. The zero-order valence-corrected chi connectivity index (χ0v) is 7.33. The van der Waals surface area contributed by atoms with Crippen molar-refractivity contribution in [1.29, 1.82) is 0 Å². The van der Waals surface area contributed by atoms with Gasteiger partial charge in [-0.05, 0) is 0 Å². The number of aliphatic carboxylic acids is 1. The van der Waals surface area contributed by atoms with Crippen molar-refractivity contribution in [3.8, 4) is 0 Å². The monoisotopic (exact) mass is 209 g/mol. The maximum absolute atomic E-state index is 10.2. The second kappa shape index (κ2) is 5.47. The predicted octanol–water partition coefficient (Wildman–Crippen LogP) is 0.125. The number of carboxylic acids is 1. The first-order chi connectivity index (χ1) is 4.68. The van der Waals surface area contributed by atoms with Gasteiger partial charge in [-0.3, -0.25) is 0 Å². The molecular formula is C6H11NO2Se. The summed E-state index contributed by atoms with van der Waals surface area (Å²) in [6, 6.07) is -0.681. The molecule has 0 heterocycles. The number of hydrogen-bond acceptors (Lipinski definition) is 2. The molecule has 0 bridgehead atoms. The summed E-state index contributed by atoms with van der Waals surface area (Å²) < 4.78 is 0. The predicted molar refractivity (Wildman–Crippen MR) is 41.2 cm³/mol. The second-order valence-electron chi connectivity index (χ2n) is 1.77. The van der Waals surface area contributed by atoms with Crippen molar-refractivity contribution in [1.82, 2.24) is 0 Å². The van der Waals surface area contributed by atoms with Crippen LogP contribution >= 0.6 is 0 Å².